The van der Waals surface area contributed by atoms with E-state index in [1.54, 1.807) is 11.3 Å². The van der Waals surface area contributed by atoms with Crippen LogP contribution in [0.3, 0.4) is 0 Å². The minimum absolute atomic E-state index is 0.0725. The number of hydrogen-bond acceptors (Lipinski definition) is 3. The number of anilines is 1. The first kappa shape index (κ1) is 16.3. The van der Waals surface area contributed by atoms with Crippen molar-refractivity contribution in [2.45, 2.75) is 45.4 Å². The van der Waals surface area contributed by atoms with Crippen LogP contribution in [0.5, 0.6) is 0 Å². The average Bonchev–Trinajstić information content (AvgIpc) is 3.12. The molecule has 0 fully saturated rings. The monoisotopic (exact) mass is 351 g/mol. The number of benzene rings is 1. The molecule has 1 unspecified atom stereocenters. The first-order valence-corrected chi connectivity index (χ1v) is 9.64. The zero-order valence-corrected chi connectivity index (χ0v) is 15.4. The molecule has 0 bridgehead atoms. The molecule has 3 nitrogen and oxygen atoms in total. The molecule has 1 amide bonds. The Bertz CT molecular complexity index is 879. The van der Waals surface area contributed by atoms with Crippen LogP contribution < -0.4 is 4.90 Å². The fraction of sp³-hybridized carbons (Fsp3) is 0.333. The van der Waals surface area contributed by atoms with Gasteiger partial charge in [-0.25, -0.2) is 0 Å². The van der Waals surface area contributed by atoms with Gasteiger partial charge in [-0.1, -0.05) is 18.2 Å². The second kappa shape index (κ2) is 6.26. The second-order valence-corrected chi connectivity index (χ2v) is 7.84. The highest BCUT2D eigenvalue weighted by molar-refractivity contribution is 7.10. The van der Waals surface area contributed by atoms with Crippen molar-refractivity contribution in [3.05, 3.63) is 63.0 Å². The third kappa shape index (κ3) is 2.65. The summed E-state index contributed by atoms with van der Waals surface area (Å²) in [5.41, 5.74) is 5.00. The summed E-state index contributed by atoms with van der Waals surface area (Å²) in [6.45, 7) is 4.11. The van der Waals surface area contributed by atoms with Crippen LogP contribution in [0, 0.1) is 13.8 Å². The van der Waals surface area contributed by atoms with Gasteiger partial charge in [-0.2, -0.15) is 0 Å². The number of rotatable bonds is 2. The molecule has 0 radical (unpaired) electrons. The lowest BCUT2D eigenvalue weighted by Gasteiger charge is -2.38. The van der Waals surface area contributed by atoms with Gasteiger partial charge in [0.05, 0.1) is 5.69 Å². The highest BCUT2D eigenvalue weighted by atomic mass is 32.1. The SMILES string of the molecule is Cc1cccc(N2C(=O)CC(c3cccs3)C3=C2CCCC3=O)c1C. The molecule has 4 heteroatoms. The summed E-state index contributed by atoms with van der Waals surface area (Å²) in [7, 11) is 0. The number of nitrogens with zero attached hydrogens (tertiary/aromatic N) is 1. The Labute approximate surface area is 152 Å². The van der Waals surface area contributed by atoms with Gasteiger partial charge in [0.2, 0.25) is 5.91 Å². The van der Waals surface area contributed by atoms with Gasteiger partial charge >= 0.3 is 0 Å². The Morgan fingerprint density at radius 2 is 1.92 bits per heavy atom. The lowest BCUT2D eigenvalue weighted by atomic mass is 9.79. The lowest BCUT2D eigenvalue weighted by Crippen LogP contribution is -2.40. The molecule has 2 heterocycles. The molecule has 1 aromatic carbocycles. The molecule has 1 aliphatic carbocycles. The molecule has 1 aromatic heterocycles. The van der Waals surface area contributed by atoms with Gasteiger partial charge < -0.3 is 0 Å². The van der Waals surface area contributed by atoms with Gasteiger partial charge in [-0.05, 0) is 55.3 Å². The number of amides is 1. The largest absolute Gasteiger partial charge is 0.294 e. The van der Waals surface area contributed by atoms with E-state index < -0.39 is 0 Å². The van der Waals surface area contributed by atoms with E-state index in [0.29, 0.717) is 12.8 Å². The number of hydrogen-bond donors (Lipinski definition) is 0. The van der Waals surface area contributed by atoms with Crippen molar-refractivity contribution in [1.29, 1.82) is 0 Å². The molecule has 1 aliphatic heterocycles. The number of aryl methyl sites for hydroxylation is 1. The van der Waals surface area contributed by atoms with Crippen LogP contribution in [0.1, 0.15) is 47.6 Å². The Kier molecular flexibility index (Phi) is 4.08. The molecule has 25 heavy (non-hydrogen) atoms. The van der Waals surface area contributed by atoms with Crippen LogP contribution in [0.4, 0.5) is 5.69 Å². The number of carbonyl (C=O) groups excluding carboxylic acids is 2. The van der Waals surface area contributed by atoms with Crippen LogP contribution in [0.15, 0.2) is 47.0 Å². The van der Waals surface area contributed by atoms with Gasteiger partial charge in [0, 0.05) is 34.9 Å². The normalized spacial score (nSPS) is 20.9. The molecule has 0 spiro atoms. The summed E-state index contributed by atoms with van der Waals surface area (Å²) < 4.78 is 0. The maximum atomic E-state index is 13.1. The summed E-state index contributed by atoms with van der Waals surface area (Å²) in [5, 5.41) is 2.02. The van der Waals surface area contributed by atoms with Gasteiger partial charge in [0.25, 0.3) is 0 Å². The molecule has 128 valence electrons. The smallest absolute Gasteiger partial charge is 0.232 e. The van der Waals surface area contributed by atoms with Crippen molar-refractivity contribution in [2.75, 3.05) is 4.90 Å². The highest BCUT2D eigenvalue weighted by Gasteiger charge is 2.40. The highest BCUT2D eigenvalue weighted by Crippen LogP contribution is 2.45. The fourth-order valence-corrected chi connectivity index (χ4v) is 4.82. The standard InChI is InChI=1S/C21H21NO2S/c1-13-6-3-7-16(14(13)2)22-17-8-4-9-18(23)21(17)15(12-20(22)24)19-10-5-11-25-19/h3,5-7,10-11,15H,4,8-9,12H2,1-2H3. The van der Waals surface area contributed by atoms with Crippen molar-refractivity contribution in [2.24, 2.45) is 0 Å². The molecule has 0 N–H and O–H groups in total. The number of thiophene rings is 1. The maximum absolute atomic E-state index is 13.1. The van der Waals surface area contributed by atoms with Crippen LogP contribution in [0.25, 0.3) is 0 Å². The van der Waals surface area contributed by atoms with Crippen molar-refractivity contribution in [3.8, 4) is 0 Å². The lowest BCUT2D eigenvalue weighted by molar-refractivity contribution is -0.119. The molecule has 1 atom stereocenters. The third-order valence-corrected chi connectivity index (χ3v) is 6.36. The molecule has 2 aliphatic rings. The topological polar surface area (TPSA) is 37.4 Å². The minimum atomic E-state index is -0.0725. The third-order valence-electron chi connectivity index (χ3n) is 5.38. The van der Waals surface area contributed by atoms with Crippen LogP contribution in [-0.2, 0) is 9.59 Å². The molecule has 0 saturated carbocycles. The van der Waals surface area contributed by atoms with Crippen molar-refractivity contribution in [3.63, 3.8) is 0 Å². The van der Waals surface area contributed by atoms with Gasteiger partial charge in [0.1, 0.15) is 0 Å². The van der Waals surface area contributed by atoms with E-state index in [2.05, 4.69) is 13.0 Å². The fourth-order valence-electron chi connectivity index (χ4n) is 3.98. The summed E-state index contributed by atoms with van der Waals surface area (Å²) in [5.74, 6) is 0.236. The van der Waals surface area contributed by atoms with E-state index in [4.69, 9.17) is 0 Å². The zero-order chi connectivity index (χ0) is 17.6. The number of allylic oxidation sites excluding steroid dienone is 2. The molecule has 2 aromatic rings. The van der Waals surface area contributed by atoms with Gasteiger partial charge in [0.15, 0.2) is 5.78 Å². The van der Waals surface area contributed by atoms with Crippen molar-refractivity contribution < 1.29 is 9.59 Å². The van der Waals surface area contributed by atoms with E-state index in [9.17, 15) is 9.59 Å². The predicted octanol–water partition coefficient (Wildman–Crippen LogP) is 4.89. The molecule has 0 saturated heterocycles. The Hall–Kier alpha value is -2.20. The Balaban J connectivity index is 1.90. The van der Waals surface area contributed by atoms with Crippen molar-refractivity contribution in [1.82, 2.24) is 0 Å². The average molecular weight is 351 g/mol. The first-order valence-electron chi connectivity index (χ1n) is 8.76. The Morgan fingerprint density at radius 3 is 2.68 bits per heavy atom. The predicted molar refractivity (Wildman–Crippen MR) is 101 cm³/mol. The van der Waals surface area contributed by atoms with Crippen molar-refractivity contribution >= 4 is 28.7 Å². The number of ketones is 1. The van der Waals surface area contributed by atoms with Crippen LogP contribution in [-0.4, -0.2) is 11.7 Å². The quantitative estimate of drug-likeness (QED) is 0.772. The van der Waals surface area contributed by atoms with Crippen LogP contribution >= 0.6 is 11.3 Å². The van der Waals surface area contributed by atoms with E-state index >= 15 is 0 Å². The maximum Gasteiger partial charge on any atom is 0.232 e. The van der Waals surface area contributed by atoms with Gasteiger partial charge in [-0.15, -0.1) is 11.3 Å². The van der Waals surface area contributed by atoms with E-state index in [1.807, 2.05) is 41.5 Å². The number of Topliss-reactive ketones (excluding diaryl/α,β-unsaturated/α-hetero) is 1. The molecular formula is C21H21NO2S. The molecule has 4 rings (SSSR count). The second-order valence-electron chi connectivity index (χ2n) is 6.86. The minimum Gasteiger partial charge on any atom is -0.294 e. The molecular weight excluding hydrogens is 330 g/mol. The summed E-state index contributed by atoms with van der Waals surface area (Å²) in [6.07, 6.45) is 2.58. The summed E-state index contributed by atoms with van der Waals surface area (Å²) in [6, 6.07) is 10.1. The number of carbonyl (C=O) groups is 2. The summed E-state index contributed by atoms with van der Waals surface area (Å²) in [4.78, 5) is 28.8. The first-order chi connectivity index (χ1) is 12.1. The van der Waals surface area contributed by atoms with Gasteiger partial charge in [-0.3, -0.25) is 14.5 Å². The summed E-state index contributed by atoms with van der Waals surface area (Å²) >= 11 is 1.63. The Morgan fingerprint density at radius 1 is 1.08 bits per heavy atom. The zero-order valence-electron chi connectivity index (χ0n) is 14.5. The van der Waals surface area contributed by atoms with Crippen LogP contribution in [0.2, 0.25) is 0 Å². The van der Waals surface area contributed by atoms with E-state index in [0.717, 1.165) is 45.8 Å². The van der Waals surface area contributed by atoms with E-state index in [-0.39, 0.29) is 17.6 Å². The van der Waals surface area contributed by atoms with E-state index in [1.165, 1.54) is 0 Å².